The normalized spacial score (nSPS) is 9.83. The molecule has 1 heterocycles. The van der Waals surface area contributed by atoms with E-state index in [9.17, 15) is 10.1 Å². The molecule has 1 N–H and O–H groups in total. The smallest absolute Gasteiger partial charge is 0.372 e. The molecule has 0 atom stereocenters. The van der Waals surface area contributed by atoms with Gasteiger partial charge in [-0.2, -0.15) is 16.7 Å². The lowest BCUT2D eigenvalue weighted by molar-refractivity contribution is -0.385. The van der Waals surface area contributed by atoms with Crippen molar-refractivity contribution in [3.05, 3.63) is 29.1 Å². The van der Waals surface area contributed by atoms with E-state index in [1.54, 1.807) is 17.8 Å². The number of hydrogen-bond donors (Lipinski definition) is 1. The largest absolute Gasteiger partial charge is 0.476 e. The summed E-state index contributed by atoms with van der Waals surface area (Å²) in [5.41, 5.74) is -0.242. The number of methoxy groups -OCH3 is 1. The van der Waals surface area contributed by atoms with Gasteiger partial charge in [0.2, 0.25) is 5.82 Å². The van der Waals surface area contributed by atoms with Crippen molar-refractivity contribution in [2.24, 2.45) is 0 Å². The fraction of sp³-hybridized carbons (Fsp3) is 0.400. The first-order chi connectivity index (χ1) is 8.70. The molecule has 1 rings (SSSR count). The first-order valence-corrected chi connectivity index (χ1v) is 6.32. The number of aromatic nitrogens is 2. The van der Waals surface area contributed by atoms with Crippen LogP contribution in [0.15, 0.2) is 19.0 Å². The van der Waals surface area contributed by atoms with Crippen LogP contribution in [0.2, 0.25) is 0 Å². The Hall–Kier alpha value is -1.83. The van der Waals surface area contributed by atoms with E-state index in [1.165, 1.54) is 13.4 Å². The van der Waals surface area contributed by atoms with Gasteiger partial charge >= 0.3 is 5.69 Å². The molecule has 0 amide bonds. The summed E-state index contributed by atoms with van der Waals surface area (Å²) in [5.74, 6) is 1.77. The monoisotopic (exact) mass is 270 g/mol. The highest BCUT2D eigenvalue weighted by Crippen LogP contribution is 2.30. The number of anilines is 1. The summed E-state index contributed by atoms with van der Waals surface area (Å²) < 4.78 is 4.84. The van der Waals surface area contributed by atoms with Gasteiger partial charge in [-0.25, -0.2) is 4.98 Å². The minimum atomic E-state index is -0.557. The first kappa shape index (κ1) is 14.2. The minimum absolute atomic E-state index is 0.0451. The molecule has 0 fully saturated rings. The quantitative estimate of drug-likeness (QED) is 0.333. The van der Waals surface area contributed by atoms with E-state index < -0.39 is 4.92 Å². The Morgan fingerprint density at radius 1 is 1.67 bits per heavy atom. The summed E-state index contributed by atoms with van der Waals surface area (Å²) in [5, 5.41) is 13.8. The molecule has 8 heteroatoms. The molecular formula is C10H14N4O3S. The van der Waals surface area contributed by atoms with Crippen LogP contribution in [0, 0.1) is 10.1 Å². The van der Waals surface area contributed by atoms with Crippen LogP contribution in [0.5, 0.6) is 5.88 Å². The van der Waals surface area contributed by atoms with Crippen molar-refractivity contribution < 1.29 is 9.66 Å². The SMILES string of the molecule is C=CCSCCNc1ncnc(OC)c1[N+](=O)[O-]. The average Bonchev–Trinajstić information content (AvgIpc) is 2.37. The van der Waals surface area contributed by atoms with Crippen molar-refractivity contribution in [3.63, 3.8) is 0 Å². The predicted molar refractivity (Wildman–Crippen MR) is 71.3 cm³/mol. The second kappa shape index (κ2) is 7.49. The van der Waals surface area contributed by atoms with Crippen LogP contribution in [0.1, 0.15) is 0 Å². The van der Waals surface area contributed by atoms with Gasteiger partial charge in [0.25, 0.3) is 5.88 Å². The zero-order chi connectivity index (χ0) is 13.4. The average molecular weight is 270 g/mol. The van der Waals surface area contributed by atoms with Crippen molar-refractivity contribution in [1.29, 1.82) is 0 Å². The van der Waals surface area contributed by atoms with Crippen LogP contribution in [0.4, 0.5) is 11.5 Å². The Balaban J connectivity index is 2.69. The van der Waals surface area contributed by atoms with E-state index in [2.05, 4.69) is 21.9 Å². The van der Waals surface area contributed by atoms with Crippen molar-refractivity contribution in [2.75, 3.05) is 30.5 Å². The Morgan fingerprint density at radius 2 is 2.44 bits per heavy atom. The van der Waals surface area contributed by atoms with E-state index >= 15 is 0 Å². The molecule has 0 saturated heterocycles. The highest BCUT2D eigenvalue weighted by Gasteiger charge is 2.23. The molecule has 0 saturated carbocycles. The molecule has 0 spiro atoms. The summed E-state index contributed by atoms with van der Waals surface area (Å²) in [6.45, 7) is 4.18. The van der Waals surface area contributed by atoms with Gasteiger partial charge in [-0.1, -0.05) is 6.08 Å². The number of nitro groups is 1. The second-order valence-corrected chi connectivity index (χ2v) is 4.28. The molecule has 0 radical (unpaired) electrons. The summed E-state index contributed by atoms with van der Waals surface area (Å²) in [7, 11) is 1.33. The predicted octanol–water partition coefficient (Wildman–Crippen LogP) is 1.72. The van der Waals surface area contributed by atoms with Gasteiger partial charge in [-0.05, 0) is 0 Å². The summed E-state index contributed by atoms with van der Waals surface area (Å²) in [6.07, 6.45) is 3.03. The highest BCUT2D eigenvalue weighted by molar-refractivity contribution is 7.99. The number of ether oxygens (including phenoxy) is 1. The Bertz CT molecular complexity index is 428. The topological polar surface area (TPSA) is 90.2 Å². The van der Waals surface area contributed by atoms with Crippen LogP contribution in [-0.2, 0) is 0 Å². The molecule has 1 aromatic rings. The van der Waals surface area contributed by atoms with Gasteiger partial charge in [-0.3, -0.25) is 10.1 Å². The number of thioether (sulfide) groups is 1. The maximum Gasteiger partial charge on any atom is 0.372 e. The molecule has 1 aromatic heterocycles. The van der Waals surface area contributed by atoms with Gasteiger partial charge in [0, 0.05) is 18.1 Å². The maximum absolute atomic E-state index is 10.9. The molecule has 18 heavy (non-hydrogen) atoms. The van der Waals surface area contributed by atoms with E-state index in [-0.39, 0.29) is 17.4 Å². The zero-order valence-corrected chi connectivity index (χ0v) is 10.8. The van der Waals surface area contributed by atoms with Crippen LogP contribution in [-0.4, -0.2) is 40.1 Å². The van der Waals surface area contributed by atoms with E-state index in [1.807, 2.05) is 0 Å². The molecule has 7 nitrogen and oxygen atoms in total. The fourth-order valence-electron chi connectivity index (χ4n) is 1.21. The van der Waals surface area contributed by atoms with E-state index in [0.717, 1.165) is 11.5 Å². The molecule has 0 bridgehead atoms. The van der Waals surface area contributed by atoms with Crippen LogP contribution in [0.3, 0.4) is 0 Å². The lowest BCUT2D eigenvalue weighted by Gasteiger charge is -2.07. The molecule has 0 aliphatic heterocycles. The molecule has 0 aromatic carbocycles. The van der Waals surface area contributed by atoms with Crippen LogP contribution < -0.4 is 10.1 Å². The van der Waals surface area contributed by atoms with Gasteiger partial charge in [0.05, 0.1) is 12.0 Å². The van der Waals surface area contributed by atoms with Crippen molar-refractivity contribution >= 4 is 23.3 Å². The maximum atomic E-state index is 10.9. The highest BCUT2D eigenvalue weighted by atomic mass is 32.2. The molecular weight excluding hydrogens is 256 g/mol. The summed E-state index contributed by atoms with van der Waals surface area (Å²) >= 11 is 1.67. The minimum Gasteiger partial charge on any atom is -0.476 e. The van der Waals surface area contributed by atoms with Gasteiger partial charge < -0.3 is 10.1 Å². The second-order valence-electron chi connectivity index (χ2n) is 3.13. The Kier molecular flexibility index (Phi) is 5.92. The van der Waals surface area contributed by atoms with E-state index in [4.69, 9.17) is 4.74 Å². The molecule has 0 aliphatic rings. The zero-order valence-electron chi connectivity index (χ0n) is 9.96. The van der Waals surface area contributed by atoms with Crippen molar-refractivity contribution in [1.82, 2.24) is 9.97 Å². The van der Waals surface area contributed by atoms with Gasteiger partial charge in [0.15, 0.2) is 0 Å². The third-order valence-electron chi connectivity index (χ3n) is 1.94. The number of nitrogens with one attached hydrogen (secondary N) is 1. The number of rotatable bonds is 8. The van der Waals surface area contributed by atoms with Crippen molar-refractivity contribution in [2.45, 2.75) is 0 Å². The third kappa shape index (κ3) is 3.88. The Morgan fingerprint density at radius 3 is 3.06 bits per heavy atom. The molecule has 98 valence electrons. The number of nitrogens with zero attached hydrogens (tertiary/aromatic N) is 3. The van der Waals surface area contributed by atoms with Gasteiger partial charge in [-0.15, -0.1) is 6.58 Å². The molecule has 0 aliphatic carbocycles. The van der Waals surface area contributed by atoms with Gasteiger partial charge in [0.1, 0.15) is 6.33 Å². The van der Waals surface area contributed by atoms with Crippen LogP contribution in [0.25, 0.3) is 0 Å². The van der Waals surface area contributed by atoms with E-state index in [0.29, 0.717) is 6.54 Å². The summed E-state index contributed by atoms with van der Waals surface area (Å²) in [4.78, 5) is 17.9. The lowest BCUT2D eigenvalue weighted by Crippen LogP contribution is -2.09. The first-order valence-electron chi connectivity index (χ1n) is 5.16. The lowest BCUT2D eigenvalue weighted by atomic mass is 10.4. The number of hydrogen-bond acceptors (Lipinski definition) is 7. The molecule has 0 unspecified atom stereocenters. The van der Waals surface area contributed by atoms with Crippen molar-refractivity contribution in [3.8, 4) is 5.88 Å². The summed E-state index contributed by atoms with van der Waals surface area (Å²) in [6, 6.07) is 0. The van der Waals surface area contributed by atoms with Crippen LogP contribution >= 0.6 is 11.8 Å². The Labute approximate surface area is 109 Å². The standard InChI is InChI=1S/C10H14N4O3S/c1-3-5-18-6-4-11-9-8(14(15)16)10(17-2)13-7-12-9/h3,7H,1,4-6H2,2H3,(H,11,12,13). The fourth-order valence-corrected chi connectivity index (χ4v) is 1.79. The third-order valence-corrected chi connectivity index (χ3v) is 2.90.